The van der Waals surface area contributed by atoms with Crippen LogP contribution >= 0.6 is 0 Å². The molecule has 2 aliphatic rings. The molecule has 2 fully saturated rings. The molecule has 272 valence electrons. The molecule has 52 heavy (non-hydrogen) atoms. The predicted molar refractivity (Wildman–Crippen MR) is 195 cm³/mol. The zero-order chi connectivity index (χ0) is 37.4. The average molecular weight is 709 g/mol. The number of hydrogen-bond acceptors (Lipinski definition) is 8. The number of ketones is 2. The van der Waals surface area contributed by atoms with Crippen LogP contribution in [0.1, 0.15) is 103 Å². The predicted octanol–water partition coefficient (Wildman–Crippen LogP) is 3.54. The van der Waals surface area contributed by atoms with Crippen molar-refractivity contribution in [2.45, 2.75) is 50.6 Å². The van der Waals surface area contributed by atoms with E-state index in [-0.39, 0.29) is 35.9 Å². The molecule has 0 unspecified atom stereocenters. The second-order valence-corrected chi connectivity index (χ2v) is 13.2. The molecule has 2 atom stereocenters. The summed E-state index contributed by atoms with van der Waals surface area (Å²) in [6.07, 6.45) is 7.92. The Balaban J connectivity index is 0.000000201. The van der Waals surface area contributed by atoms with Gasteiger partial charge in [-0.15, -0.1) is 0 Å². The molecule has 0 aliphatic heterocycles. The second-order valence-electron chi connectivity index (χ2n) is 13.2. The summed E-state index contributed by atoms with van der Waals surface area (Å²) in [5, 5.41) is 24.6. The molecule has 2 saturated carbocycles. The van der Waals surface area contributed by atoms with Gasteiger partial charge in [0.25, 0.3) is 22.9 Å². The van der Waals surface area contributed by atoms with Gasteiger partial charge in [-0.2, -0.15) is 0 Å². The molecule has 0 bridgehead atoms. The van der Waals surface area contributed by atoms with Gasteiger partial charge < -0.3 is 30.0 Å². The fourth-order valence-electron chi connectivity index (χ4n) is 6.03. The third-order valence-electron chi connectivity index (χ3n) is 9.40. The monoisotopic (exact) mass is 708 g/mol. The van der Waals surface area contributed by atoms with E-state index in [1.165, 1.54) is 47.8 Å². The van der Waals surface area contributed by atoms with Crippen LogP contribution in [0.5, 0.6) is 0 Å². The van der Waals surface area contributed by atoms with Crippen LogP contribution in [0.4, 0.5) is 0 Å². The topological polar surface area (TPSA) is 177 Å². The van der Waals surface area contributed by atoms with E-state index >= 15 is 0 Å². The third kappa shape index (κ3) is 9.06. The lowest BCUT2D eigenvalue weighted by atomic mass is 10.0. The number of pyridine rings is 2. The van der Waals surface area contributed by atoms with E-state index in [2.05, 4.69) is 10.6 Å². The van der Waals surface area contributed by atoms with Crippen LogP contribution in [0.25, 0.3) is 0 Å². The molecule has 4 aromatic rings. The van der Waals surface area contributed by atoms with Crippen molar-refractivity contribution < 1.29 is 29.4 Å². The number of nitrogens with zero attached hydrogens (tertiary/aromatic N) is 2. The molecule has 2 aliphatic carbocycles. The highest BCUT2D eigenvalue weighted by atomic mass is 16.3. The van der Waals surface area contributed by atoms with Crippen molar-refractivity contribution in [1.82, 2.24) is 19.8 Å². The Kier molecular flexibility index (Phi) is 12.5. The van der Waals surface area contributed by atoms with Gasteiger partial charge in [0.1, 0.15) is 11.1 Å². The lowest BCUT2D eigenvalue weighted by Crippen LogP contribution is -2.35. The number of amides is 2. The number of Topliss-reactive ketones (excluding diaryl/α,β-unsaturated/α-hetero) is 2. The van der Waals surface area contributed by atoms with Crippen molar-refractivity contribution in [1.29, 1.82) is 0 Å². The van der Waals surface area contributed by atoms with Crippen molar-refractivity contribution in [3.8, 4) is 0 Å². The van der Waals surface area contributed by atoms with E-state index in [4.69, 9.17) is 0 Å². The molecule has 2 aromatic heterocycles. The Morgan fingerprint density at radius 2 is 0.981 bits per heavy atom. The summed E-state index contributed by atoms with van der Waals surface area (Å²) in [4.78, 5) is 75.1. The summed E-state index contributed by atoms with van der Waals surface area (Å²) in [7, 11) is 2.87. The Morgan fingerprint density at radius 1 is 0.635 bits per heavy atom. The summed E-state index contributed by atoms with van der Waals surface area (Å²) in [6.45, 7) is -0.644. The highest BCUT2D eigenvalue weighted by Crippen LogP contribution is 2.34. The standard InChI is InChI=1S/2C20H22N2O4/c2*1-21-19(25)16-10-15(18(24)9-13-7-8-13)11-22(20(16)26)17(12-23)14-5-3-2-4-6-14/h2*2-6,10-11,13,17,23H,7-9,12H2,1H3,(H,21,25)/t2*17-/m10/s1. The van der Waals surface area contributed by atoms with Gasteiger partial charge in [0.15, 0.2) is 11.6 Å². The minimum absolute atomic E-state index is 0.0869. The first-order valence-electron chi connectivity index (χ1n) is 17.4. The number of aromatic nitrogens is 2. The van der Waals surface area contributed by atoms with Crippen molar-refractivity contribution >= 4 is 23.4 Å². The number of carbonyl (C=O) groups is 4. The molecule has 2 aromatic carbocycles. The minimum Gasteiger partial charge on any atom is -0.394 e. The van der Waals surface area contributed by atoms with Gasteiger partial charge in [-0.25, -0.2) is 0 Å². The maximum atomic E-state index is 12.8. The molecule has 2 heterocycles. The zero-order valence-electron chi connectivity index (χ0n) is 29.3. The number of rotatable bonds is 14. The van der Waals surface area contributed by atoms with Crippen LogP contribution in [0.3, 0.4) is 0 Å². The van der Waals surface area contributed by atoms with Crippen LogP contribution in [-0.4, -0.2) is 70.0 Å². The number of aliphatic hydroxyl groups is 2. The lowest BCUT2D eigenvalue weighted by Gasteiger charge is -2.20. The van der Waals surface area contributed by atoms with Gasteiger partial charge in [-0.3, -0.25) is 28.8 Å². The van der Waals surface area contributed by atoms with Crippen LogP contribution < -0.4 is 21.8 Å². The summed E-state index contributed by atoms with van der Waals surface area (Å²) in [6, 6.07) is 19.5. The maximum Gasteiger partial charge on any atom is 0.264 e. The molecular weight excluding hydrogens is 664 g/mol. The van der Waals surface area contributed by atoms with Gasteiger partial charge in [-0.1, -0.05) is 60.7 Å². The van der Waals surface area contributed by atoms with E-state index < -0.39 is 35.0 Å². The van der Waals surface area contributed by atoms with Crippen LogP contribution in [0.2, 0.25) is 0 Å². The van der Waals surface area contributed by atoms with E-state index in [1.807, 2.05) is 36.4 Å². The van der Waals surface area contributed by atoms with E-state index in [9.17, 15) is 39.0 Å². The Bertz CT molecular complexity index is 1890. The van der Waals surface area contributed by atoms with Gasteiger partial charge in [-0.05, 0) is 60.8 Å². The normalized spacial score (nSPS) is 14.7. The largest absolute Gasteiger partial charge is 0.394 e. The smallest absolute Gasteiger partial charge is 0.264 e. The summed E-state index contributed by atoms with van der Waals surface area (Å²) < 4.78 is 2.58. The van der Waals surface area contributed by atoms with Crippen LogP contribution in [-0.2, 0) is 0 Å². The number of benzene rings is 2. The molecule has 0 spiro atoms. The second kappa shape index (κ2) is 17.2. The van der Waals surface area contributed by atoms with Gasteiger partial charge in [0.05, 0.1) is 25.3 Å². The van der Waals surface area contributed by atoms with E-state index in [1.54, 1.807) is 24.3 Å². The van der Waals surface area contributed by atoms with E-state index in [0.29, 0.717) is 35.8 Å². The molecular formula is C40H44N4O8. The number of carbonyl (C=O) groups excluding carboxylic acids is 4. The van der Waals surface area contributed by atoms with Gasteiger partial charge >= 0.3 is 0 Å². The Labute approximate surface area is 301 Å². The molecule has 0 saturated heterocycles. The summed E-state index contributed by atoms with van der Waals surface area (Å²) in [5.74, 6) is -0.473. The third-order valence-corrected chi connectivity index (χ3v) is 9.40. The Morgan fingerprint density at radius 3 is 1.27 bits per heavy atom. The SMILES string of the molecule is CNC(=O)c1cc(C(=O)CC2CC2)cn([C@@H](CO)c2ccccc2)c1=O.CNC(=O)c1cc(C(=O)CC2CC2)cn([C@H](CO)c2ccccc2)c1=O. The first-order chi connectivity index (χ1) is 25.1. The fraction of sp³-hybridized carbons (Fsp3) is 0.350. The summed E-state index contributed by atoms with van der Waals surface area (Å²) in [5.41, 5.74) is 0.852. The van der Waals surface area contributed by atoms with Gasteiger partial charge in [0, 0.05) is 50.5 Å². The quantitative estimate of drug-likeness (QED) is 0.144. The molecule has 0 radical (unpaired) electrons. The summed E-state index contributed by atoms with van der Waals surface area (Å²) >= 11 is 0. The zero-order valence-corrected chi connectivity index (χ0v) is 29.3. The molecule has 12 heteroatoms. The number of hydrogen-bond donors (Lipinski definition) is 4. The molecule has 6 rings (SSSR count). The van der Waals surface area contributed by atoms with E-state index in [0.717, 1.165) is 36.8 Å². The van der Waals surface area contributed by atoms with Gasteiger partial charge in [0.2, 0.25) is 0 Å². The number of aliphatic hydroxyl groups excluding tert-OH is 2. The van der Waals surface area contributed by atoms with Crippen molar-refractivity contribution in [3.63, 3.8) is 0 Å². The fourth-order valence-corrected chi connectivity index (χ4v) is 6.03. The lowest BCUT2D eigenvalue weighted by molar-refractivity contribution is 0.0948. The first-order valence-corrected chi connectivity index (χ1v) is 17.4. The highest BCUT2D eigenvalue weighted by Gasteiger charge is 2.29. The highest BCUT2D eigenvalue weighted by molar-refractivity contribution is 6.01. The van der Waals surface area contributed by atoms with Crippen LogP contribution in [0, 0.1) is 11.8 Å². The average Bonchev–Trinajstić information content (AvgIpc) is 4.12. The molecule has 4 N–H and O–H groups in total. The first kappa shape index (κ1) is 37.8. The Hall–Kier alpha value is -5.46. The van der Waals surface area contributed by atoms with Crippen molar-refractivity contribution in [3.05, 3.63) is 139 Å². The van der Waals surface area contributed by atoms with Crippen LogP contribution in [0.15, 0.2) is 94.8 Å². The minimum atomic E-state index is -0.666. The molecule has 12 nitrogen and oxygen atoms in total. The maximum absolute atomic E-state index is 12.8. The van der Waals surface area contributed by atoms with Crippen molar-refractivity contribution in [2.24, 2.45) is 11.8 Å². The number of nitrogens with one attached hydrogen (secondary N) is 2. The molecule has 2 amide bonds. The van der Waals surface area contributed by atoms with Crippen molar-refractivity contribution in [2.75, 3.05) is 27.3 Å².